The van der Waals surface area contributed by atoms with Crippen molar-refractivity contribution in [3.05, 3.63) is 54.1 Å². The van der Waals surface area contributed by atoms with E-state index in [-0.39, 0.29) is 18.4 Å². The van der Waals surface area contributed by atoms with Gasteiger partial charge in [0.2, 0.25) is 5.91 Å². The minimum absolute atomic E-state index is 0.0942. The molecule has 9 heteroatoms. The number of rotatable bonds is 9. The average molecular weight is 429 g/mol. The Hall–Kier alpha value is -3.75. The number of anilines is 1. The Morgan fingerprint density at radius 2 is 1.61 bits per heavy atom. The number of ether oxygens (including phenoxy) is 3. The molecular weight excluding hydrogens is 402 g/mol. The van der Waals surface area contributed by atoms with Gasteiger partial charge in [0.05, 0.1) is 6.61 Å². The summed E-state index contributed by atoms with van der Waals surface area (Å²) in [6.07, 6.45) is -0.771. The van der Waals surface area contributed by atoms with Crippen molar-refractivity contribution in [2.24, 2.45) is 5.73 Å². The van der Waals surface area contributed by atoms with Crippen molar-refractivity contribution in [1.29, 1.82) is 0 Å². The lowest BCUT2D eigenvalue weighted by molar-refractivity contribution is -0.114. The molecule has 0 spiro atoms. The van der Waals surface area contributed by atoms with Crippen molar-refractivity contribution in [2.75, 3.05) is 32.6 Å². The predicted molar refractivity (Wildman–Crippen MR) is 115 cm³/mol. The summed E-state index contributed by atoms with van der Waals surface area (Å²) in [6.45, 7) is 1.90. The molecule has 2 aromatic rings. The summed E-state index contributed by atoms with van der Waals surface area (Å²) in [4.78, 5) is 35.1. The van der Waals surface area contributed by atoms with Crippen molar-refractivity contribution in [3.63, 3.8) is 0 Å². The van der Waals surface area contributed by atoms with Gasteiger partial charge in [0, 0.05) is 32.6 Å². The fraction of sp³-hybridized carbons (Fsp3) is 0.318. The molecule has 0 aliphatic heterocycles. The number of amides is 3. The summed E-state index contributed by atoms with van der Waals surface area (Å²) >= 11 is 0. The van der Waals surface area contributed by atoms with Crippen LogP contribution in [0.4, 0.5) is 15.3 Å². The molecule has 3 N–H and O–H groups in total. The number of benzene rings is 2. The number of hydrogen-bond acceptors (Lipinski definition) is 6. The first kappa shape index (κ1) is 23.5. The van der Waals surface area contributed by atoms with Crippen LogP contribution in [0.5, 0.6) is 11.5 Å². The van der Waals surface area contributed by atoms with Crippen LogP contribution in [0.3, 0.4) is 0 Å². The van der Waals surface area contributed by atoms with Gasteiger partial charge < -0.3 is 30.2 Å². The molecule has 0 aromatic heterocycles. The van der Waals surface area contributed by atoms with E-state index in [9.17, 15) is 14.4 Å². The molecule has 0 saturated heterocycles. The van der Waals surface area contributed by atoms with Gasteiger partial charge in [-0.15, -0.1) is 0 Å². The Morgan fingerprint density at radius 1 is 1.00 bits per heavy atom. The third kappa shape index (κ3) is 8.25. The molecule has 2 aromatic carbocycles. The molecule has 0 heterocycles. The van der Waals surface area contributed by atoms with E-state index in [4.69, 9.17) is 19.9 Å². The number of primary amides is 1. The van der Waals surface area contributed by atoms with Crippen LogP contribution in [0.2, 0.25) is 0 Å². The van der Waals surface area contributed by atoms with Crippen LogP contribution in [0.15, 0.2) is 48.5 Å². The first-order valence-electron chi connectivity index (χ1n) is 9.66. The molecule has 166 valence electrons. The van der Waals surface area contributed by atoms with Crippen molar-refractivity contribution in [1.82, 2.24) is 4.90 Å². The molecule has 9 nitrogen and oxygen atoms in total. The Bertz CT molecular complexity index is 881. The van der Waals surface area contributed by atoms with Crippen LogP contribution in [-0.2, 0) is 9.53 Å². The summed E-state index contributed by atoms with van der Waals surface area (Å²) in [5.41, 5.74) is 6.68. The zero-order chi connectivity index (χ0) is 22.8. The Morgan fingerprint density at radius 3 is 2.16 bits per heavy atom. The molecular formula is C22H27N3O6. The van der Waals surface area contributed by atoms with Crippen molar-refractivity contribution in [2.45, 2.75) is 19.3 Å². The number of hydrogen-bond donors (Lipinski definition) is 2. The van der Waals surface area contributed by atoms with Gasteiger partial charge in [-0.25, -0.2) is 9.59 Å². The van der Waals surface area contributed by atoms with Gasteiger partial charge in [-0.1, -0.05) is 12.1 Å². The van der Waals surface area contributed by atoms with Crippen LogP contribution in [0, 0.1) is 0 Å². The summed E-state index contributed by atoms with van der Waals surface area (Å²) in [7, 11) is 3.20. The van der Waals surface area contributed by atoms with E-state index in [0.717, 1.165) is 5.56 Å². The summed E-state index contributed by atoms with van der Waals surface area (Å²) in [5.74, 6) is 0.750. The maximum absolute atomic E-state index is 11.7. The third-order valence-corrected chi connectivity index (χ3v) is 4.26. The highest BCUT2D eigenvalue weighted by Gasteiger charge is 2.15. The fourth-order valence-corrected chi connectivity index (χ4v) is 2.69. The summed E-state index contributed by atoms with van der Waals surface area (Å²) in [5, 5.41) is 2.69. The van der Waals surface area contributed by atoms with Gasteiger partial charge in [-0.05, 0) is 48.4 Å². The number of nitrogens with two attached hydrogens (primary N) is 1. The van der Waals surface area contributed by atoms with Gasteiger partial charge in [0.1, 0.15) is 18.1 Å². The van der Waals surface area contributed by atoms with Crippen LogP contribution < -0.4 is 20.5 Å². The topological polar surface area (TPSA) is 120 Å². The number of carbonyl (C=O) groups is 3. The molecule has 2 rings (SSSR count). The van der Waals surface area contributed by atoms with Crippen LogP contribution in [0.1, 0.15) is 24.8 Å². The quantitative estimate of drug-likeness (QED) is 0.631. The van der Waals surface area contributed by atoms with Gasteiger partial charge in [0.25, 0.3) is 0 Å². The lowest BCUT2D eigenvalue weighted by Crippen LogP contribution is -2.25. The molecule has 31 heavy (non-hydrogen) atoms. The van der Waals surface area contributed by atoms with E-state index in [1.54, 1.807) is 62.6 Å². The second-order valence-corrected chi connectivity index (χ2v) is 7.00. The molecule has 0 saturated carbocycles. The Kier molecular flexibility index (Phi) is 8.68. The van der Waals surface area contributed by atoms with Gasteiger partial charge in [-0.3, -0.25) is 4.79 Å². The second-order valence-electron chi connectivity index (χ2n) is 7.00. The van der Waals surface area contributed by atoms with E-state index in [1.165, 1.54) is 11.8 Å². The minimum atomic E-state index is -0.851. The largest absolute Gasteiger partial charge is 0.494 e. The van der Waals surface area contributed by atoms with E-state index < -0.39 is 12.2 Å². The van der Waals surface area contributed by atoms with E-state index in [0.29, 0.717) is 30.2 Å². The molecule has 0 fully saturated rings. The summed E-state index contributed by atoms with van der Waals surface area (Å²) < 4.78 is 16.0. The SMILES string of the molecule is CC(=O)Nc1ccc(OCCC(COC(N)=O)c2ccc(OC(=O)N(C)C)cc2)cc1. The normalized spacial score (nSPS) is 11.2. The van der Waals surface area contributed by atoms with Crippen molar-refractivity contribution >= 4 is 23.8 Å². The number of nitrogens with one attached hydrogen (secondary N) is 1. The van der Waals surface area contributed by atoms with Crippen LogP contribution >= 0.6 is 0 Å². The number of nitrogens with zero attached hydrogens (tertiary/aromatic N) is 1. The van der Waals surface area contributed by atoms with E-state index >= 15 is 0 Å². The molecule has 3 amide bonds. The predicted octanol–water partition coefficient (Wildman–Crippen LogP) is 3.35. The Labute approximate surface area is 181 Å². The smallest absolute Gasteiger partial charge is 0.414 e. The highest BCUT2D eigenvalue weighted by molar-refractivity contribution is 5.88. The summed E-state index contributed by atoms with van der Waals surface area (Å²) in [6, 6.07) is 14.0. The molecule has 0 aliphatic carbocycles. The lowest BCUT2D eigenvalue weighted by Gasteiger charge is -2.18. The first-order chi connectivity index (χ1) is 14.7. The number of carbonyl (C=O) groups excluding carboxylic acids is 3. The first-order valence-corrected chi connectivity index (χ1v) is 9.66. The molecule has 0 radical (unpaired) electrons. The highest BCUT2D eigenvalue weighted by atomic mass is 16.6. The molecule has 0 aliphatic rings. The van der Waals surface area contributed by atoms with Crippen molar-refractivity contribution < 1.29 is 28.6 Å². The zero-order valence-corrected chi connectivity index (χ0v) is 17.8. The standard InChI is InChI=1S/C22H27N3O6/c1-15(26)24-18-6-10-19(11-7-18)29-13-12-17(14-30-21(23)27)16-4-8-20(9-5-16)31-22(28)25(2)3/h4-11,17H,12-14H2,1-3H3,(H2,23,27)(H,24,26). The van der Waals surface area contributed by atoms with Crippen LogP contribution in [0.25, 0.3) is 0 Å². The molecule has 1 atom stereocenters. The van der Waals surface area contributed by atoms with Crippen molar-refractivity contribution in [3.8, 4) is 11.5 Å². The zero-order valence-electron chi connectivity index (χ0n) is 17.8. The highest BCUT2D eigenvalue weighted by Crippen LogP contribution is 2.24. The maximum Gasteiger partial charge on any atom is 0.414 e. The monoisotopic (exact) mass is 429 g/mol. The Balaban J connectivity index is 1.97. The third-order valence-electron chi connectivity index (χ3n) is 4.26. The average Bonchev–Trinajstić information content (AvgIpc) is 2.72. The second kappa shape index (κ2) is 11.4. The fourth-order valence-electron chi connectivity index (χ4n) is 2.69. The van der Waals surface area contributed by atoms with Gasteiger partial charge in [0.15, 0.2) is 0 Å². The van der Waals surface area contributed by atoms with Gasteiger partial charge in [-0.2, -0.15) is 0 Å². The van der Waals surface area contributed by atoms with E-state index in [2.05, 4.69) is 5.32 Å². The van der Waals surface area contributed by atoms with E-state index in [1.807, 2.05) is 0 Å². The molecule has 0 bridgehead atoms. The minimum Gasteiger partial charge on any atom is -0.494 e. The molecule has 1 unspecified atom stereocenters. The lowest BCUT2D eigenvalue weighted by atomic mass is 9.97. The van der Waals surface area contributed by atoms with Gasteiger partial charge >= 0.3 is 12.2 Å². The maximum atomic E-state index is 11.7. The van der Waals surface area contributed by atoms with Crippen LogP contribution in [-0.4, -0.2) is 50.3 Å².